The SMILES string of the molecule is CCC1CCN(C(=O)C2CCN(CC)CC2)CC1. The van der Waals surface area contributed by atoms with Crippen molar-refractivity contribution >= 4 is 5.91 Å². The van der Waals surface area contributed by atoms with Crippen molar-refractivity contribution in [3.8, 4) is 0 Å². The normalized spacial score (nSPS) is 24.4. The van der Waals surface area contributed by atoms with E-state index in [0.717, 1.165) is 51.5 Å². The second kappa shape index (κ2) is 6.55. The fourth-order valence-corrected chi connectivity index (χ4v) is 3.32. The molecule has 3 nitrogen and oxygen atoms in total. The van der Waals surface area contributed by atoms with E-state index in [9.17, 15) is 4.79 Å². The third-order valence-electron chi connectivity index (χ3n) is 4.89. The molecule has 0 spiro atoms. The van der Waals surface area contributed by atoms with Crippen molar-refractivity contribution in [3.63, 3.8) is 0 Å². The van der Waals surface area contributed by atoms with E-state index in [1.807, 2.05) is 0 Å². The smallest absolute Gasteiger partial charge is 0.225 e. The molecule has 0 aliphatic carbocycles. The van der Waals surface area contributed by atoms with Crippen LogP contribution in [0.1, 0.15) is 46.0 Å². The number of rotatable bonds is 3. The maximum atomic E-state index is 12.5. The summed E-state index contributed by atoms with van der Waals surface area (Å²) in [5.74, 6) is 1.61. The standard InChI is InChI=1S/C15H28N2O/c1-3-13-5-11-17(12-6-13)15(18)14-7-9-16(4-2)10-8-14/h13-14H,3-12H2,1-2H3. The Labute approximate surface area is 112 Å². The highest BCUT2D eigenvalue weighted by Gasteiger charge is 2.30. The minimum atomic E-state index is 0.311. The molecule has 1 amide bonds. The number of piperidine rings is 2. The fourth-order valence-electron chi connectivity index (χ4n) is 3.32. The minimum absolute atomic E-state index is 0.311. The van der Waals surface area contributed by atoms with Crippen molar-refractivity contribution in [3.05, 3.63) is 0 Å². The highest BCUT2D eigenvalue weighted by atomic mass is 16.2. The average molecular weight is 252 g/mol. The third-order valence-corrected chi connectivity index (χ3v) is 4.89. The zero-order valence-electron chi connectivity index (χ0n) is 12.0. The van der Waals surface area contributed by atoms with Gasteiger partial charge in [0.25, 0.3) is 0 Å². The van der Waals surface area contributed by atoms with E-state index < -0.39 is 0 Å². The number of carbonyl (C=O) groups is 1. The molecule has 0 aromatic carbocycles. The molecule has 2 rings (SSSR count). The van der Waals surface area contributed by atoms with Crippen LogP contribution in [0.5, 0.6) is 0 Å². The van der Waals surface area contributed by atoms with Gasteiger partial charge in [-0.05, 0) is 51.2 Å². The summed E-state index contributed by atoms with van der Waals surface area (Å²) in [7, 11) is 0. The molecule has 18 heavy (non-hydrogen) atoms. The molecule has 0 aromatic heterocycles. The van der Waals surface area contributed by atoms with Crippen molar-refractivity contribution in [2.24, 2.45) is 11.8 Å². The van der Waals surface area contributed by atoms with E-state index >= 15 is 0 Å². The Balaban J connectivity index is 1.78. The van der Waals surface area contributed by atoms with Crippen LogP contribution in [0, 0.1) is 11.8 Å². The molecule has 2 saturated heterocycles. The molecule has 2 aliphatic rings. The summed E-state index contributed by atoms with van der Waals surface area (Å²) >= 11 is 0. The zero-order chi connectivity index (χ0) is 13.0. The Hall–Kier alpha value is -0.570. The van der Waals surface area contributed by atoms with Gasteiger partial charge in [-0.2, -0.15) is 0 Å². The van der Waals surface area contributed by atoms with Gasteiger partial charge in [0.05, 0.1) is 0 Å². The molecule has 0 aromatic rings. The molecule has 0 unspecified atom stereocenters. The molecular weight excluding hydrogens is 224 g/mol. The van der Waals surface area contributed by atoms with Crippen LogP contribution >= 0.6 is 0 Å². The summed E-state index contributed by atoms with van der Waals surface area (Å²) in [5.41, 5.74) is 0. The molecule has 2 aliphatic heterocycles. The van der Waals surface area contributed by atoms with Gasteiger partial charge in [-0.25, -0.2) is 0 Å². The quantitative estimate of drug-likeness (QED) is 0.770. The van der Waals surface area contributed by atoms with Crippen LogP contribution in [-0.4, -0.2) is 48.4 Å². The molecular formula is C15H28N2O. The molecule has 0 N–H and O–H groups in total. The highest BCUT2D eigenvalue weighted by Crippen LogP contribution is 2.24. The van der Waals surface area contributed by atoms with E-state index in [2.05, 4.69) is 23.6 Å². The van der Waals surface area contributed by atoms with Gasteiger partial charge in [0.1, 0.15) is 0 Å². The summed E-state index contributed by atoms with van der Waals surface area (Å²) in [6.45, 7) is 9.83. The first-order chi connectivity index (χ1) is 8.74. The van der Waals surface area contributed by atoms with Gasteiger partial charge in [0, 0.05) is 19.0 Å². The molecule has 2 heterocycles. The molecule has 2 fully saturated rings. The summed E-state index contributed by atoms with van der Waals surface area (Å²) < 4.78 is 0. The first-order valence-electron chi connectivity index (χ1n) is 7.75. The van der Waals surface area contributed by atoms with Crippen LogP contribution in [0.2, 0.25) is 0 Å². The van der Waals surface area contributed by atoms with Gasteiger partial charge in [0.15, 0.2) is 0 Å². The van der Waals surface area contributed by atoms with E-state index in [1.165, 1.54) is 19.3 Å². The van der Waals surface area contributed by atoms with Gasteiger partial charge in [0.2, 0.25) is 5.91 Å². The van der Waals surface area contributed by atoms with Crippen molar-refractivity contribution in [1.82, 2.24) is 9.80 Å². The van der Waals surface area contributed by atoms with E-state index in [1.54, 1.807) is 0 Å². The van der Waals surface area contributed by atoms with Gasteiger partial charge in [-0.15, -0.1) is 0 Å². The maximum absolute atomic E-state index is 12.5. The predicted octanol–water partition coefficient (Wildman–Crippen LogP) is 2.37. The summed E-state index contributed by atoms with van der Waals surface area (Å²) in [5, 5.41) is 0. The van der Waals surface area contributed by atoms with Crippen molar-refractivity contribution < 1.29 is 4.79 Å². The molecule has 0 radical (unpaired) electrons. The second-order valence-corrected chi connectivity index (χ2v) is 5.89. The predicted molar refractivity (Wildman–Crippen MR) is 74.4 cm³/mol. The van der Waals surface area contributed by atoms with Crippen molar-refractivity contribution in [1.29, 1.82) is 0 Å². The lowest BCUT2D eigenvalue weighted by atomic mass is 9.91. The van der Waals surface area contributed by atoms with Gasteiger partial charge >= 0.3 is 0 Å². The lowest BCUT2D eigenvalue weighted by Gasteiger charge is -2.37. The Kier molecular flexibility index (Phi) is 5.04. The van der Waals surface area contributed by atoms with E-state index in [4.69, 9.17) is 0 Å². The fraction of sp³-hybridized carbons (Fsp3) is 0.933. The van der Waals surface area contributed by atoms with Crippen LogP contribution in [-0.2, 0) is 4.79 Å². The number of hydrogen-bond donors (Lipinski definition) is 0. The summed E-state index contributed by atoms with van der Waals surface area (Å²) in [6, 6.07) is 0. The highest BCUT2D eigenvalue weighted by molar-refractivity contribution is 5.79. The average Bonchev–Trinajstić information content (AvgIpc) is 2.47. The number of hydrogen-bond acceptors (Lipinski definition) is 2. The first-order valence-corrected chi connectivity index (χ1v) is 7.75. The Morgan fingerprint density at radius 2 is 1.61 bits per heavy atom. The molecule has 3 heteroatoms. The van der Waals surface area contributed by atoms with Crippen LogP contribution in [0.15, 0.2) is 0 Å². The van der Waals surface area contributed by atoms with Crippen molar-refractivity contribution in [2.45, 2.75) is 46.0 Å². The Morgan fingerprint density at radius 1 is 1.00 bits per heavy atom. The third kappa shape index (κ3) is 3.25. The molecule has 104 valence electrons. The van der Waals surface area contributed by atoms with Gasteiger partial charge in [-0.1, -0.05) is 20.3 Å². The van der Waals surface area contributed by atoms with Crippen LogP contribution in [0.25, 0.3) is 0 Å². The van der Waals surface area contributed by atoms with E-state index in [-0.39, 0.29) is 0 Å². The topological polar surface area (TPSA) is 23.6 Å². The molecule has 0 saturated carbocycles. The van der Waals surface area contributed by atoms with Crippen LogP contribution < -0.4 is 0 Å². The number of carbonyl (C=O) groups excluding carboxylic acids is 1. The number of nitrogens with zero attached hydrogens (tertiary/aromatic N) is 2. The summed E-state index contributed by atoms with van der Waals surface area (Å²) in [4.78, 5) is 17.0. The van der Waals surface area contributed by atoms with Gasteiger partial charge in [-0.3, -0.25) is 4.79 Å². The van der Waals surface area contributed by atoms with E-state index in [0.29, 0.717) is 11.8 Å². The number of amides is 1. The zero-order valence-corrected chi connectivity index (χ0v) is 12.0. The Bertz CT molecular complexity index is 238. The van der Waals surface area contributed by atoms with Gasteiger partial charge < -0.3 is 9.80 Å². The Morgan fingerprint density at radius 3 is 2.11 bits per heavy atom. The monoisotopic (exact) mass is 252 g/mol. The van der Waals surface area contributed by atoms with Crippen LogP contribution in [0.3, 0.4) is 0 Å². The maximum Gasteiger partial charge on any atom is 0.225 e. The largest absolute Gasteiger partial charge is 0.342 e. The van der Waals surface area contributed by atoms with Crippen molar-refractivity contribution in [2.75, 3.05) is 32.7 Å². The molecule has 0 atom stereocenters. The first kappa shape index (κ1) is 13.9. The lowest BCUT2D eigenvalue weighted by molar-refractivity contribution is -0.138. The lowest BCUT2D eigenvalue weighted by Crippen LogP contribution is -2.45. The minimum Gasteiger partial charge on any atom is -0.342 e. The second-order valence-electron chi connectivity index (χ2n) is 5.89. The number of likely N-dealkylation sites (tertiary alicyclic amines) is 2. The van der Waals surface area contributed by atoms with Crippen LogP contribution in [0.4, 0.5) is 0 Å². The summed E-state index contributed by atoms with van der Waals surface area (Å²) in [6.07, 6.45) is 5.85. The molecule has 0 bridgehead atoms.